The summed E-state index contributed by atoms with van der Waals surface area (Å²) in [5, 5.41) is 2.89. The zero-order valence-corrected chi connectivity index (χ0v) is 10.7. The Kier molecular flexibility index (Phi) is 3.78. The van der Waals surface area contributed by atoms with Crippen LogP contribution in [-0.2, 0) is 6.42 Å². The number of nitrogens with one attached hydrogen (secondary N) is 1. The molecule has 0 aliphatic heterocycles. The molecule has 0 aliphatic carbocycles. The largest absolute Gasteiger partial charge is 0.322 e. The smallest absolute Gasteiger partial charge is 0.255 e. The lowest BCUT2D eigenvalue weighted by Gasteiger charge is -2.06. The molecule has 92 valence electrons. The van der Waals surface area contributed by atoms with Crippen LogP contribution in [0.4, 0.5) is 5.69 Å². The molecule has 0 fully saturated rings. The minimum atomic E-state index is -0.0701. The van der Waals surface area contributed by atoms with Gasteiger partial charge in [0.15, 0.2) is 0 Å². The monoisotopic (exact) mass is 239 g/mol. The van der Waals surface area contributed by atoms with Crippen LogP contribution in [0.5, 0.6) is 0 Å². The van der Waals surface area contributed by atoms with Gasteiger partial charge in [0, 0.05) is 11.3 Å². The Morgan fingerprint density at radius 1 is 1.00 bits per heavy atom. The van der Waals surface area contributed by atoms with Gasteiger partial charge in [0.2, 0.25) is 0 Å². The van der Waals surface area contributed by atoms with Crippen LogP contribution in [0, 0.1) is 6.92 Å². The normalized spacial score (nSPS) is 10.1. The summed E-state index contributed by atoms with van der Waals surface area (Å²) in [6.07, 6.45) is 1.01. The Labute approximate surface area is 108 Å². The molecule has 2 nitrogen and oxygen atoms in total. The van der Waals surface area contributed by atoms with Crippen LogP contribution in [-0.4, -0.2) is 5.91 Å². The maximum absolute atomic E-state index is 12.0. The van der Waals surface area contributed by atoms with Gasteiger partial charge in [-0.15, -0.1) is 0 Å². The van der Waals surface area contributed by atoms with Gasteiger partial charge in [-0.05, 0) is 43.2 Å². The maximum atomic E-state index is 12.0. The van der Waals surface area contributed by atoms with Gasteiger partial charge in [-0.3, -0.25) is 4.79 Å². The van der Waals surface area contributed by atoms with E-state index in [1.54, 1.807) is 0 Å². The van der Waals surface area contributed by atoms with Crippen molar-refractivity contribution in [2.75, 3.05) is 5.32 Å². The highest BCUT2D eigenvalue weighted by atomic mass is 16.1. The van der Waals surface area contributed by atoms with E-state index in [2.05, 4.69) is 12.2 Å². The third-order valence-electron chi connectivity index (χ3n) is 2.93. The zero-order valence-electron chi connectivity index (χ0n) is 10.7. The quantitative estimate of drug-likeness (QED) is 0.867. The molecule has 0 aliphatic rings. The van der Waals surface area contributed by atoms with E-state index in [0.29, 0.717) is 5.56 Å². The highest BCUT2D eigenvalue weighted by Gasteiger charge is 2.05. The van der Waals surface area contributed by atoms with E-state index < -0.39 is 0 Å². The minimum absolute atomic E-state index is 0.0701. The number of benzene rings is 2. The number of hydrogen-bond donors (Lipinski definition) is 1. The number of carbonyl (C=O) groups is 1. The van der Waals surface area contributed by atoms with Gasteiger partial charge >= 0.3 is 0 Å². The molecule has 0 saturated carbocycles. The predicted molar refractivity (Wildman–Crippen MR) is 75.0 cm³/mol. The summed E-state index contributed by atoms with van der Waals surface area (Å²) in [6.45, 7) is 4.12. The van der Waals surface area contributed by atoms with Crippen molar-refractivity contribution >= 4 is 11.6 Å². The van der Waals surface area contributed by atoms with E-state index in [1.165, 1.54) is 5.56 Å². The van der Waals surface area contributed by atoms with Crippen LogP contribution >= 0.6 is 0 Å². The van der Waals surface area contributed by atoms with Crippen LogP contribution in [0.25, 0.3) is 0 Å². The third-order valence-corrected chi connectivity index (χ3v) is 2.93. The van der Waals surface area contributed by atoms with Crippen molar-refractivity contribution in [3.05, 3.63) is 65.2 Å². The van der Waals surface area contributed by atoms with Crippen molar-refractivity contribution in [1.82, 2.24) is 0 Å². The molecule has 2 aromatic carbocycles. The van der Waals surface area contributed by atoms with Gasteiger partial charge in [-0.2, -0.15) is 0 Å². The first-order chi connectivity index (χ1) is 8.69. The Morgan fingerprint density at radius 3 is 2.17 bits per heavy atom. The van der Waals surface area contributed by atoms with Crippen LogP contribution in [0.3, 0.4) is 0 Å². The summed E-state index contributed by atoms with van der Waals surface area (Å²) >= 11 is 0. The van der Waals surface area contributed by atoms with Gasteiger partial charge in [-0.25, -0.2) is 0 Å². The third kappa shape index (κ3) is 2.98. The Morgan fingerprint density at radius 2 is 1.61 bits per heavy atom. The van der Waals surface area contributed by atoms with Crippen molar-refractivity contribution in [2.24, 2.45) is 0 Å². The van der Waals surface area contributed by atoms with Crippen molar-refractivity contribution < 1.29 is 4.79 Å². The summed E-state index contributed by atoms with van der Waals surface area (Å²) in [6, 6.07) is 15.5. The van der Waals surface area contributed by atoms with Crippen molar-refractivity contribution in [1.29, 1.82) is 0 Å². The topological polar surface area (TPSA) is 29.1 Å². The van der Waals surface area contributed by atoms with Gasteiger partial charge in [0.25, 0.3) is 5.91 Å². The fourth-order valence-electron chi connectivity index (χ4n) is 1.73. The van der Waals surface area contributed by atoms with Gasteiger partial charge in [0.05, 0.1) is 0 Å². The average Bonchev–Trinajstić information content (AvgIpc) is 2.40. The Balaban J connectivity index is 2.08. The first-order valence-corrected chi connectivity index (χ1v) is 6.16. The summed E-state index contributed by atoms with van der Waals surface area (Å²) < 4.78 is 0. The van der Waals surface area contributed by atoms with E-state index in [-0.39, 0.29) is 5.91 Å². The predicted octanol–water partition coefficient (Wildman–Crippen LogP) is 3.81. The number of rotatable bonds is 3. The second-order valence-electron chi connectivity index (χ2n) is 4.37. The molecule has 2 rings (SSSR count). The average molecular weight is 239 g/mol. The van der Waals surface area contributed by atoms with E-state index >= 15 is 0 Å². The van der Waals surface area contributed by atoms with Crippen LogP contribution in [0.1, 0.15) is 28.4 Å². The molecule has 0 atom stereocenters. The fourth-order valence-corrected chi connectivity index (χ4v) is 1.73. The Hall–Kier alpha value is -2.09. The molecule has 18 heavy (non-hydrogen) atoms. The zero-order chi connectivity index (χ0) is 13.0. The molecule has 0 spiro atoms. The number of hydrogen-bond acceptors (Lipinski definition) is 1. The van der Waals surface area contributed by atoms with E-state index in [1.807, 2.05) is 55.5 Å². The summed E-state index contributed by atoms with van der Waals surface area (Å²) in [4.78, 5) is 12.0. The first-order valence-electron chi connectivity index (χ1n) is 6.16. The highest BCUT2D eigenvalue weighted by Crippen LogP contribution is 2.12. The van der Waals surface area contributed by atoms with E-state index in [0.717, 1.165) is 17.7 Å². The van der Waals surface area contributed by atoms with Crippen molar-refractivity contribution in [2.45, 2.75) is 20.3 Å². The molecule has 0 radical (unpaired) electrons. The van der Waals surface area contributed by atoms with Crippen LogP contribution < -0.4 is 5.32 Å². The lowest BCUT2D eigenvalue weighted by atomic mass is 10.1. The molecule has 0 heterocycles. The van der Waals surface area contributed by atoms with Crippen molar-refractivity contribution in [3.63, 3.8) is 0 Å². The standard InChI is InChI=1S/C16H17NO/c1-3-13-6-10-15(11-7-13)17-16(18)14-8-4-12(2)5-9-14/h4-11H,3H2,1-2H3,(H,17,18). The van der Waals surface area contributed by atoms with Gasteiger partial charge in [-0.1, -0.05) is 36.8 Å². The number of amides is 1. The Bertz CT molecular complexity index is 526. The van der Waals surface area contributed by atoms with Crippen LogP contribution in [0.15, 0.2) is 48.5 Å². The number of anilines is 1. The first kappa shape index (κ1) is 12.4. The van der Waals surface area contributed by atoms with Gasteiger partial charge < -0.3 is 5.32 Å². The maximum Gasteiger partial charge on any atom is 0.255 e. The van der Waals surface area contributed by atoms with Crippen molar-refractivity contribution in [3.8, 4) is 0 Å². The molecular formula is C16H17NO. The molecule has 1 N–H and O–H groups in total. The highest BCUT2D eigenvalue weighted by molar-refractivity contribution is 6.04. The van der Waals surface area contributed by atoms with E-state index in [4.69, 9.17) is 0 Å². The SMILES string of the molecule is CCc1ccc(NC(=O)c2ccc(C)cc2)cc1. The minimum Gasteiger partial charge on any atom is -0.322 e. The number of aryl methyl sites for hydroxylation is 2. The molecule has 2 aromatic rings. The summed E-state index contributed by atoms with van der Waals surface area (Å²) in [7, 11) is 0. The summed E-state index contributed by atoms with van der Waals surface area (Å²) in [5.74, 6) is -0.0701. The lowest BCUT2D eigenvalue weighted by molar-refractivity contribution is 0.102. The molecule has 0 saturated heterocycles. The fraction of sp³-hybridized carbons (Fsp3) is 0.188. The molecule has 0 aromatic heterocycles. The molecule has 0 unspecified atom stereocenters. The molecule has 2 heteroatoms. The molecule has 0 bridgehead atoms. The lowest BCUT2D eigenvalue weighted by Crippen LogP contribution is -2.11. The molecular weight excluding hydrogens is 222 g/mol. The van der Waals surface area contributed by atoms with E-state index in [9.17, 15) is 4.79 Å². The summed E-state index contributed by atoms with van der Waals surface area (Å²) in [5.41, 5.74) is 3.93. The number of carbonyl (C=O) groups excluding carboxylic acids is 1. The molecule has 1 amide bonds. The second kappa shape index (κ2) is 5.50. The van der Waals surface area contributed by atoms with Gasteiger partial charge in [0.1, 0.15) is 0 Å². The second-order valence-corrected chi connectivity index (χ2v) is 4.37. The van der Waals surface area contributed by atoms with Crippen LogP contribution in [0.2, 0.25) is 0 Å².